The molecule has 102 valence electrons. The Morgan fingerprint density at radius 2 is 2.15 bits per heavy atom. The predicted octanol–water partition coefficient (Wildman–Crippen LogP) is 2.60. The summed E-state index contributed by atoms with van der Waals surface area (Å²) in [6, 6.07) is 4.34. The van der Waals surface area contributed by atoms with Crippen molar-refractivity contribution in [3.63, 3.8) is 0 Å². The summed E-state index contributed by atoms with van der Waals surface area (Å²) in [6.45, 7) is 1.57. The maximum absolute atomic E-state index is 11.9. The Bertz CT molecular complexity index is 690. The smallest absolute Gasteiger partial charge is 0.290 e. The lowest BCUT2D eigenvalue weighted by Crippen LogP contribution is -2.13. The van der Waals surface area contributed by atoms with Crippen LogP contribution >= 0.6 is 11.6 Å². The first-order chi connectivity index (χ1) is 9.47. The van der Waals surface area contributed by atoms with Gasteiger partial charge in [0, 0.05) is 17.3 Å². The minimum absolute atomic E-state index is 0.102. The summed E-state index contributed by atoms with van der Waals surface area (Å²) in [6.07, 6.45) is 2.51. The monoisotopic (exact) mass is 292 g/mol. The second kappa shape index (κ2) is 5.62. The number of nitrogens with zero attached hydrogens (tertiary/aromatic N) is 3. The summed E-state index contributed by atoms with van der Waals surface area (Å²) in [5, 5.41) is 13.4. The van der Waals surface area contributed by atoms with Crippen LogP contribution in [0.3, 0.4) is 0 Å². The van der Waals surface area contributed by atoms with Crippen LogP contribution in [-0.4, -0.2) is 20.8 Å². The Kier molecular flexibility index (Phi) is 3.90. The van der Waals surface area contributed by atoms with Crippen molar-refractivity contribution in [1.29, 1.82) is 0 Å². The predicted molar refractivity (Wildman–Crippen MR) is 72.8 cm³/mol. The van der Waals surface area contributed by atoms with E-state index in [9.17, 15) is 14.9 Å². The molecular formula is C12H9ClN4O3. The molecule has 0 atom stereocenters. The van der Waals surface area contributed by atoms with E-state index < -0.39 is 10.8 Å². The first-order valence-electron chi connectivity index (χ1n) is 5.51. The van der Waals surface area contributed by atoms with Gasteiger partial charge in [-0.25, -0.2) is 9.97 Å². The second-order valence-corrected chi connectivity index (χ2v) is 4.32. The van der Waals surface area contributed by atoms with Gasteiger partial charge < -0.3 is 5.32 Å². The number of aromatic nitrogens is 2. The third-order valence-corrected chi connectivity index (χ3v) is 2.72. The highest BCUT2D eigenvalue weighted by Crippen LogP contribution is 2.19. The molecule has 2 heterocycles. The van der Waals surface area contributed by atoms with Crippen LogP contribution in [0.5, 0.6) is 0 Å². The van der Waals surface area contributed by atoms with E-state index in [1.165, 1.54) is 24.4 Å². The lowest BCUT2D eigenvalue weighted by molar-refractivity contribution is -0.385. The van der Waals surface area contributed by atoms with Crippen molar-refractivity contribution in [2.24, 2.45) is 0 Å². The van der Waals surface area contributed by atoms with Gasteiger partial charge >= 0.3 is 0 Å². The summed E-state index contributed by atoms with van der Waals surface area (Å²) < 4.78 is 0. The Balaban J connectivity index is 2.20. The van der Waals surface area contributed by atoms with E-state index in [0.717, 1.165) is 6.20 Å². The molecule has 1 amide bonds. The molecule has 0 aromatic carbocycles. The molecule has 2 rings (SSSR count). The summed E-state index contributed by atoms with van der Waals surface area (Å²) in [5.41, 5.74) is 0.630. The highest BCUT2D eigenvalue weighted by molar-refractivity contribution is 6.29. The van der Waals surface area contributed by atoms with Crippen molar-refractivity contribution in [3.8, 4) is 0 Å². The third-order valence-electron chi connectivity index (χ3n) is 2.51. The van der Waals surface area contributed by atoms with Gasteiger partial charge in [0.1, 0.15) is 17.2 Å². The fourth-order valence-corrected chi connectivity index (χ4v) is 1.71. The van der Waals surface area contributed by atoms with E-state index in [1.54, 1.807) is 6.92 Å². The number of pyridine rings is 2. The molecule has 0 radical (unpaired) electrons. The number of carbonyl (C=O) groups excluding carboxylic acids is 1. The van der Waals surface area contributed by atoms with Crippen LogP contribution in [0.1, 0.15) is 15.9 Å². The minimum Gasteiger partial charge on any atom is -0.307 e. The van der Waals surface area contributed by atoms with Crippen LogP contribution in [0.2, 0.25) is 5.15 Å². The number of aryl methyl sites for hydroxylation is 1. The van der Waals surface area contributed by atoms with Gasteiger partial charge in [-0.2, -0.15) is 0 Å². The number of nitrogens with one attached hydrogen (secondary N) is 1. The molecule has 0 spiro atoms. The van der Waals surface area contributed by atoms with Crippen molar-refractivity contribution < 1.29 is 9.72 Å². The molecule has 8 heteroatoms. The Labute approximate surface area is 118 Å². The van der Waals surface area contributed by atoms with Gasteiger partial charge in [-0.05, 0) is 25.1 Å². The number of halogens is 1. The van der Waals surface area contributed by atoms with E-state index in [1.807, 2.05) is 0 Å². The van der Waals surface area contributed by atoms with Gasteiger partial charge in [-0.15, -0.1) is 0 Å². The Morgan fingerprint density at radius 1 is 1.40 bits per heavy atom. The lowest BCUT2D eigenvalue weighted by atomic mass is 10.2. The van der Waals surface area contributed by atoms with Crippen molar-refractivity contribution in [1.82, 2.24) is 9.97 Å². The molecule has 0 aliphatic rings. The van der Waals surface area contributed by atoms with Crippen LogP contribution in [0.15, 0.2) is 30.6 Å². The van der Waals surface area contributed by atoms with E-state index >= 15 is 0 Å². The molecule has 0 unspecified atom stereocenters. The molecule has 7 nitrogen and oxygen atoms in total. The number of carbonyl (C=O) groups is 1. The topological polar surface area (TPSA) is 98.0 Å². The zero-order valence-corrected chi connectivity index (χ0v) is 11.1. The second-order valence-electron chi connectivity index (χ2n) is 3.93. The molecular weight excluding hydrogens is 284 g/mol. The quantitative estimate of drug-likeness (QED) is 0.532. The van der Waals surface area contributed by atoms with Crippen molar-refractivity contribution in [3.05, 3.63) is 57.0 Å². The van der Waals surface area contributed by atoms with Gasteiger partial charge in [0.05, 0.1) is 4.92 Å². The summed E-state index contributed by atoms with van der Waals surface area (Å²) >= 11 is 5.69. The average molecular weight is 293 g/mol. The van der Waals surface area contributed by atoms with Crippen molar-refractivity contribution in [2.45, 2.75) is 6.92 Å². The molecule has 20 heavy (non-hydrogen) atoms. The van der Waals surface area contributed by atoms with E-state index in [4.69, 9.17) is 11.6 Å². The molecule has 0 saturated heterocycles. The number of hydrogen-bond acceptors (Lipinski definition) is 5. The van der Waals surface area contributed by atoms with Gasteiger partial charge in [0.25, 0.3) is 11.6 Å². The van der Waals surface area contributed by atoms with E-state index in [2.05, 4.69) is 15.3 Å². The maximum atomic E-state index is 11.9. The molecule has 0 aliphatic carbocycles. The first-order valence-corrected chi connectivity index (χ1v) is 5.89. The fourth-order valence-electron chi connectivity index (χ4n) is 1.54. The van der Waals surface area contributed by atoms with Crippen molar-refractivity contribution >= 4 is 29.0 Å². The van der Waals surface area contributed by atoms with E-state index in [0.29, 0.717) is 11.1 Å². The van der Waals surface area contributed by atoms with Gasteiger partial charge in [-0.1, -0.05) is 11.6 Å². The maximum Gasteiger partial charge on any atom is 0.290 e. The standard InChI is InChI=1S/C12H9ClN4O3/c1-7-4-11(15-6-9(7)17(19)20)16-12(18)8-2-3-14-10(13)5-8/h2-6H,1H3,(H,15,16,18). The third kappa shape index (κ3) is 3.07. The Hall–Kier alpha value is -2.54. The first kappa shape index (κ1) is 13.9. The summed E-state index contributed by atoms with van der Waals surface area (Å²) in [7, 11) is 0. The van der Waals surface area contributed by atoms with Crippen LogP contribution in [0.25, 0.3) is 0 Å². The van der Waals surface area contributed by atoms with Gasteiger partial charge in [0.2, 0.25) is 0 Å². The zero-order valence-electron chi connectivity index (χ0n) is 10.3. The SMILES string of the molecule is Cc1cc(NC(=O)c2ccnc(Cl)c2)ncc1[N+](=O)[O-]. The fraction of sp³-hybridized carbons (Fsp3) is 0.0833. The van der Waals surface area contributed by atoms with E-state index in [-0.39, 0.29) is 16.7 Å². The highest BCUT2D eigenvalue weighted by atomic mass is 35.5. The van der Waals surface area contributed by atoms with Gasteiger partial charge in [0.15, 0.2) is 0 Å². The summed E-state index contributed by atoms with van der Waals surface area (Å²) in [5.74, 6) is -0.193. The normalized spacial score (nSPS) is 10.1. The van der Waals surface area contributed by atoms with Gasteiger partial charge in [-0.3, -0.25) is 14.9 Å². The molecule has 0 fully saturated rings. The van der Waals surface area contributed by atoms with Crippen molar-refractivity contribution in [2.75, 3.05) is 5.32 Å². The molecule has 0 bridgehead atoms. The van der Waals surface area contributed by atoms with Crippen LogP contribution < -0.4 is 5.32 Å². The lowest BCUT2D eigenvalue weighted by Gasteiger charge is -2.05. The molecule has 2 aromatic rings. The number of nitro groups is 1. The van der Waals surface area contributed by atoms with Crippen LogP contribution in [0, 0.1) is 17.0 Å². The number of hydrogen-bond donors (Lipinski definition) is 1. The number of anilines is 1. The number of rotatable bonds is 3. The largest absolute Gasteiger partial charge is 0.307 e. The number of amides is 1. The highest BCUT2D eigenvalue weighted by Gasteiger charge is 2.13. The summed E-state index contributed by atoms with van der Waals surface area (Å²) in [4.78, 5) is 29.7. The molecule has 1 N–H and O–H groups in total. The van der Waals surface area contributed by atoms with Crippen LogP contribution in [0.4, 0.5) is 11.5 Å². The molecule has 0 aliphatic heterocycles. The van der Waals surface area contributed by atoms with Crippen LogP contribution in [-0.2, 0) is 0 Å². The molecule has 0 saturated carbocycles. The average Bonchev–Trinajstić information content (AvgIpc) is 2.38. The molecule has 2 aromatic heterocycles. The minimum atomic E-state index is -0.531. The zero-order chi connectivity index (χ0) is 14.7. The Morgan fingerprint density at radius 3 is 2.75 bits per heavy atom.